The Kier molecular flexibility index (Phi) is 2.83. The first-order valence-corrected chi connectivity index (χ1v) is 7.39. The van der Waals surface area contributed by atoms with Crippen LogP contribution in [0.2, 0.25) is 0 Å². The highest BCUT2D eigenvalue weighted by molar-refractivity contribution is 7.19. The molecule has 3 aromatic rings. The maximum atomic E-state index is 5.94. The second-order valence-corrected chi connectivity index (χ2v) is 7.05. The van der Waals surface area contributed by atoms with E-state index in [0.717, 1.165) is 26.7 Å². The average Bonchev–Trinajstić information content (AvgIpc) is 2.88. The summed E-state index contributed by atoms with van der Waals surface area (Å²) >= 11 is 1.59. The first-order valence-electron chi connectivity index (χ1n) is 6.57. The number of hydrogen-bond donors (Lipinski definition) is 1. The summed E-state index contributed by atoms with van der Waals surface area (Å²) in [5.41, 5.74) is 9.07. The van der Waals surface area contributed by atoms with Gasteiger partial charge in [0.25, 0.3) is 0 Å². The van der Waals surface area contributed by atoms with Gasteiger partial charge in [-0.3, -0.25) is 4.98 Å². The van der Waals surface area contributed by atoms with E-state index in [1.807, 2.05) is 24.5 Å². The Hall–Kier alpha value is -1.88. The summed E-state index contributed by atoms with van der Waals surface area (Å²) < 4.78 is 2.27. The number of thiophene rings is 1. The van der Waals surface area contributed by atoms with Gasteiger partial charge in [-0.1, -0.05) is 0 Å². The van der Waals surface area contributed by atoms with E-state index in [9.17, 15) is 0 Å². The molecule has 0 aliphatic carbocycles. The van der Waals surface area contributed by atoms with E-state index in [1.54, 1.807) is 11.3 Å². The molecule has 0 saturated carbocycles. The molecule has 0 amide bonds. The number of hydrogen-bond acceptors (Lipinski definition) is 4. The van der Waals surface area contributed by atoms with Gasteiger partial charge in [0.05, 0.1) is 21.6 Å². The highest BCUT2D eigenvalue weighted by atomic mass is 32.1. The number of fused-ring (bicyclic) bond motifs is 1. The van der Waals surface area contributed by atoms with Crippen molar-refractivity contribution in [2.75, 3.05) is 5.73 Å². The molecule has 20 heavy (non-hydrogen) atoms. The van der Waals surface area contributed by atoms with Crippen LogP contribution in [-0.2, 0) is 5.54 Å². The number of nitrogen functional groups attached to an aromatic ring is 1. The predicted octanol–water partition coefficient (Wildman–Crippen LogP) is 3.81. The van der Waals surface area contributed by atoms with Gasteiger partial charge in [-0.25, -0.2) is 4.98 Å². The molecule has 0 bridgehead atoms. The van der Waals surface area contributed by atoms with Crippen molar-refractivity contribution in [3.63, 3.8) is 0 Å². The molecule has 3 heterocycles. The van der Waals surface area contributed by atoms with Crippen LogP contribution >= 0.6 is 11.3 Å². The number of aromatic nitrogens is 3. The summed E-state index contributed by atoms with van der Waals surface area (Å²) in [5, 5.41) is 0.822. The molecule has 5 heteroatoms. The Balaban J connectivity index is 2.38. The summed E-state index contributed by atoms with van der Waals surface area (Å²) in [6.45, 7) is 8.63. The molecule has 0 spiro atoms. The minimum atomic E-state index is -0.0589. The van der Waals surface area contributed by atoms with Crippen molar-refractivity contribution in [3.8, 4) is 10.7 Å². The summed E-state index contributed by atoms with van der Waals surface area (Å²) in [6.07, 6.45) is 3.62. The van der Waals surface area contributed by atoms with Gasteiger partial charge in [-0.2, -0.15) is 0 Å². The Bertz CT molecular complexity index is 777. The molecule has 104 valence electrons. The van der Waals surface area contributed by atoms with E-state index < -0.39 is 0 Å². The first-order chi connectivity index (χ1) is 9.38. The van der Waals surface area contributed by atoms with Crippen LogP contribution < -0.4 is 5.73 Å². The Morgan fingerprint density at radius 1 is 1.30 bits per heavy atom. The SMILES string of the molecule is Cc1cc(N)sc1-c1nc2cnccc2n1C(C)(C)C. The van der Waals surface area contributed by atoms with Crippen LogP contribution in [0.4, 0.5) is 5.00 Å². The number of imidazole rings is 1. The van der Waals surface area contributed by atoms with Crippen molar-refractivity contribution >= 4 is 27.4 Å². The largest absolute Gasteiger partial charge is 0.391 e. The number of anilines is 1. The van der Waals surface area contributed by atoms with Crippen molar-refractivity contribution in [1.82, 2.24) is 14.5 Å². The molecule has 4 nitrogen and oxygen atoms in total. The smallest absolute Gasteiger partial charge is 0.152 e. The van der Waals surface area contributed by atoms with E-state index in [1.165, 1.54) is 5.56 Å². The van der Waals surface area contributed by atoms with Gasteiger partial charge < -0.3 is 10.3 Å². The van der Waals surface area contributed by atoms with Gasteiger partial charge in [0.1, 0.15) is 5.52 Å². The first kappa shape index (κ1) is 13.1. The van der Waals surface area contributed by atoms with E-state index in [4.69, 9.17) is 10.7 Å². The third kappa shape index (κ3) is 1.98. The van der Waals surface area contributed by atoms with Crippen molar-refractivity contribution in [2.24, 2.45) is 0 Å². The van der Waals surface area contributed by atoms with Crippen molar-refractivity contribution in [1.29, 1.82) is 0 Å². The van der Waals surface area contributed by atoms with Crippen LogP contribution in [0, 0.1) is 6.92 Å². The topological polar surface area (TPSA) is 56.7 Å². The molecule has 0 aliphatic heterocycles. The third-order valence-electron chi connectivity index (χ3n) is 3.27. The van der Waals surface area contributed by atoms with E-state index in [0.29, 0.717) is 0 Å². The van der Waals surface area contributed by atoms with Gasteiger partial charge in [0, 0.05) is 11.7 Å². The lowest BCUT2D eigenvalue weighted by Gasteiger charge is -2.24. The van der Waals surface area contributed by atoms with E-state index in [2.05, 4.69) is 37.2 Å². The zero-order valence-electron chi connectivity index (χ0n) is 12.1. The fourth-order valence-corrected chi connectivity index (χ4v) is 3.41. The third-order valence-corrected chi connectivity index (χ3v) is 4.33. The lowest BCUT2D eigenvalue weighted by Crippen LogP contribution is -2.22. The van der Waals surface area contributed by atoms with Crippen molar-refractivity contribution in [3.05, 3.63) is 30.1 Å². The number of aryl methyl sites for hydroxylation is 1. The average molecular weight is 286 g/mol. The van der Waals surface area contributed by atoms with Crippen LogP contribution in [0.3, 0.4) is 0 Å². The highest BCUT2D eigenvalue weighted by Gasteiger charge is 2.24. The van der Waals surface area contributed by atoms with Crippen LogP contribution in [0.25, 0.3) is 21.7 Å². The molecular formula is C15H18N4S. The molecule has 0 aromatic carbocycles. The highest BCUT2D eigenvalue weighted by Crippen LogP contribution is 2.37. The zero-order chi connectivity index (χ0) is 14.5. The second kappa shape index (κ2) is 4.31. The molecule has 0 radical (unpaired) electrons. The summed E-state index contributed by atoms with van der Waals surface area (Å²) in [7, 11) is 0. The Labute approximate surface area is 122 Å². The molecule has 3 rings (SSSR count). The van der Waals surface area contributed by atoms with Crippen molar-refractivity contribution < 1.29 is 0 Å². The number of nitrogens with two attached hydrogens (primary N) is 1. The normalized spacial score (nSPS) is 12.2. The summed E-state index contributed by atoms with van der Waals surface area (Å²) in [6, 6.07) is 4.02. The van der Waals surface area contributed by atoms with E-state index >= 15 is 0 Å². The van der Waals surface area contributed by atoms with Crippen LogP contribution in [0.5, 0.6) is 0 Å². The quantitative estimate of drug-likeness (QED) is 0.740. The summed E-state index contributed by atoms with van der Waals surface area (Å²) in [4.78, 5) is 10.1. The minimum absolute atomic E-state index is 0.0589. The molecular weight excluding hydrogens is 268 g/mol. The fourth-order valence-electron chi connectivity index (χ4n) is 2.49. The van der Waals surface area contributed by atoms with Gasteiger partial charge in [0.2, 0.25) is 0 Å². The molecule has 2 N–H and O–H groups in total. The second-order valence-electron chi connectivity index (χ2n) is 5.97. The van der Waals surface area contributed by atoms with Crippen molar-refractivity contribution in [2.45, 2.75) is 33.2 Å². The maximum absolute atomic E-state index is 5.94. The fraction of sp³-hybridized carbons (Fsp3) is 0.333. The molecule has 0 saturated heterocycles. The maximum Gasteiger partial charge on any atom is 0.152 e. The standard InChI is InChI=1S/C15H18N4S/c1-9-7-12(16)20-13(9)14-18-10-8-17-6-5-11(10)19(14)15(2,3)4/h5-8H,16H2,1-4H3. The van der Waals surface area contributed by atoms with Crippen LogP contribution in [0.1, 0.15) is 26.3 Å². The Morgan fingerprint density at radius 2 is 2.05 bits per heavy atom. The molecule has 3 aromatic heterocycles. The molecule has 0 unspecified atom stereocenters. The lowest BCUT2D eigenvalue weighted by atomic mass is 10.1. The van der Waals surface area contributed by atoms with Gasteiger partial charge in [-0.05, 0) is 45.4 Å². The minimum Gasteiger partial charge on any atom is -0.391 e. The van der Waals surface area contributed by atoms with Gasteiger partial charge in [-0.15, -0.1) is 11.3 Å². The number of nitrogens with zero attached hydrogens (tertiary/aromatic N) is 3. The zero-order valence-corrected chi connectivity index (χ0v) is 13.0. The number of pyridine rings is 1. The molecule has 0 atom stereocenters. The molecule has 0 fully saturated rings. The predicted molar refractivity (Wildman–Crippen MR) is 85.0 cm³/mol. The van der Waals surface area contributed by atoms with Gasteiger partial charge >= 0.3 is 0 Å². The van der Waals surface area contributed by atoms with Crippen LogP contribution in [-0.4, -0.2) is 14.5 Å². The summed E-state index contributed by atoms with van der Waals surface area (Å²) in [5.74, 6) is 0.972. The lowest BCUT2D eigenvalue weighted by molar-refractivity contribution is 0.413. The van der Waals surface area contributed by atoms with Crippen LogP contribution in [0.15, 0.2) is 24.5 Å². The van der Waals surface area contributed by atoms with Gasteiger partial charge in [0.15, 0.2) is 5.82 Å². The monoisotopic (exact) mass is 286 g/mol. The Morgan fingerprint density at radius 3 is 2.65 bits per heavy atom. The molecule has 0 aliphatic rings. The van der Waals surface area contributed by atoms with E-state index in [-0.39, 0.29) is 5.54 Å². The number of rotatable bonds is 1.